The Bertz CT molecular complexity index is 501. The molecule has 1 fully saturated rings. The number of rotatable bonds is 3. The van der Waals surface area contributed by atoms with Crippen molar-refractivity contribution >= 4 is 35.1 Å². The molecule has 2 rings (SSSR count). The molecule has 1 aromatic rings. The summed E-state index contributed by atoms with van der Waals surface area (Å²) in [6, 6.07) is 2.72. The highest BCUT2D eigenvalue weighted by atomic mass is 35.5. The smallest absolute Gasteiger partial charge is 0.306 e. The number of carbonyl (C=O) groups is 2. The number of amides is 1. The first-order chi connectivity index (χ1) is 8.95. The lowest BCUT2D eigenvalue weighted by Crippen LogP contribution is -2.33. The van der Waals surface area contributed by atoms with E-state index in [9.17, 15) is 9.59 Å². The Balaban J connectivity index is 2.00. The third-order valence-electron chi connectivity index (χ3n) is 3.14. The van der Waals surface area contributed by atoms with E-state index in [0.29, 0.717) is 24.8 Å². The summed E-state index contributed by atoms with van der Waals surface area (Å²) >= 11 is 11.4. The van der Waals surface area contributed by atoms with Crippen LogP contribution in [0.25, 0.3) is 0 Å². The molecule has 0 bridgehead atoms. The van der Waals surface area contributed by atoms with E-state index in [-0.39, 0.29) is 28.2 Å². The summed E-state index contributed by atoms with van der Waals surface area (Å²) in [6.45, 7) is 0. The molecule has 0 saturated heterocycles. The Labute approximate surface area is 119 Å². The number of halogens is 2. The highest BCUT2D eigenvalue weighted by molar-refractivity contribution is 6.33. The van der Waals surface area contributed by atoms with Crippen LogP contribution in [-0.4, -0.2) is 28.0 Å². The standard InChI is InChI=1S/C12H12Cl2N2O3/c13-9-4-7(5-10(14)16-9)11(17)15-8-2-1-6(3-8)12(18)19/h4-6,8H,1-3H2,(H,15,17)(H,18,19). The van der Waals surface area contributed by atoms with Gasteiger partial charge in [0, 0.05) is 11.6 Å². The van der Waals surface area contributed by atoms with Crippen LogP contribution in [0.15, 0.2) is 12.1 Å². The molecule has 7 heteroatoms. The van der Waals surface area contributed by atoms with Gasteiger partial charge in [-0.05, 0) is 31.4 Å². The number of hydrogen-bond acceptors (Lipinski definition) is 3. The fourth-order valence-corrected chi connectivity index (χ4v) is 2.66. The summed E-state index contributed by atoms with van der Waals surface area (Å²) < 4.78 is 0. The number of hydrogen-bond donors (Lipinski definition) is 2. The number of carbonyl (C=O) groups excluding carboxylic acids is 1. The Morgan fingerprint density at radius 2 is 1.89 bits per heavy atom. The Morgan fingerprint density at radius 1 is 1.26 bits per heavy atom. The van der Waals surface area contributed by atoms with Crippen molar-refractivity contribution in [2.24, 2.45) is 5.92 Å². The minimum absolute atomic E-state index is 0.126. The third kappa shape index (κ3) is 3.58. The van der Waals surface area contributed by atoms with Crippen LogP contribution in [0.3, 0.4) is 0 Å². The second-order valence-electron chi connectivity index (χ2n) is 4.52. The quantitative estimate of drug-likeness (QED) is 0.840. The first-order valence-corrected chi connectivity index (χ1v) is 6.58. The topological polar surface area (TPSA) is 79.3 Å². The van der Waals surface area contributed by atoms with Crippen molar-refractivity contribution in [3.05, 3.63) is 28.0 Å². The Morgan fingerprint density at radius 3 is 2.42 bits per heavy atom. The number of carboxylic acids is 1. The minimum Gasteiger partial charge on any atom is -0.481 e. The van der Waals surface area contributed by atoms with Crippen molar-refractivity contribution < 1.29 is 14.7 Å². The molecule has 1 heterocycles. The summed E-state index contributed by atoms with van der Waals surface area (Å²) in [6.07, 6.45) is 1.70. The summed E-state index contributed by atoms with van der Waals surface area (Å²) in [5, 5.41) is 12.0. The van der Waals surface area contributed by atoms with Crippen molar-refractivity contribution in [3.63, 3.8) is 0 Å². The van der Waals surface area contributed by atoms with Crippen molar-refractivity contribution in [1.29, 1.82) is 0 Å². The number of pyridine rings is 1. The Kier molecular flexibility index (Phi) is 4.27. The van der Waals surface area contributed by atoms with Crippen LogP contribution >= 0.6 is 23.2 Å². The van der Waals surface area contributed by atoms with Crippen LogP contribution in [0.2, 0.25) is 10.3 Å². The van der Waals surface area contributed by atoms with Crippen LogP contribution in [0.1, 0.15) is 29.6 Å². The molecule has 2 N–H and O–H groups in total. The molecule has 2 atom stereocenters. The van der Waals surface area contributed by atoms with Gasteiger partial charge in [-0.2, -0.15) is 0 Å². The van der Waals surface area contributed by atoms with E-state index in [0.717, 1.165) is 0 Å². The minimum atomic E-state index is -0.813. The van der Waals surface area contributed by atoms with Crippen molar-refractivity contribution in [3.8, 4) is 0 Å². The van der Waals surface area contributed by atoms with Gasteiger partial charge in [-0.1, -0.05) is 23.2 Å². The van der Waals surface area contributed by atoms with Crippen LogP contribution in [0, 0.1) is 5.92 Å². The maximum atomic E-state index is 12.0. The van der Waals surface area contributed by atoms with Gasteiger partial charge in [0.1, 0.15) is 10.3 Å². The van der Waals surface area contributed by atoms with Gasteiger partial charge in [0.2, 0.25) is 0 Å². The van der Waals surface area contributed by atoms with Gasteiger partial charge < -0.3 is 10.4 Å². The van der Waals surface area contributed by atoms with Gasteiger partial charge in [-0.15, -0.1) is 0 Å². The molecule has 0 spiro atoms. The molecule has 2 unspecified atom stereocenters. The van der Waals surface area contributed by atoms with Crippen LogP contribution < -0.4 is 5.32 Å². The van der Waals surface area contributed by atoms with Crippen LogP contribution in [-0.2, 0) is 4.79 Å². The first kappa shape index (κ1) is 14.1. The predicted molar refractivity (Wildman–Crippen MR) is 70.5 cm³/mol. The summed E-state index contributed by atoms with van der Waals surface area (Å²) in [4.78, 5) is 26.6. The van der Waals surface area contributed by atoms with Gasteiger partial charge in [0.05, 0.1) is 5.92 Å². The fraction of sp³-hybridized carbons (Fsp3) is 0.417. The van der Waals surface area contributed by atoms with E-state index in [1.54, 1.807) is 0 Å². The second-order valence-corrected chi connectivity index (χ2v) is 5.29. The molecule has 19 heavy (non-hydrogen) atoms. The lowest BCUT2D eigenvalue weighted by Gasteiger charge is -2.12. The SMILES string of the molecule is O=C(NC1CCC(C(=O)O)C1)c1cc(Cl)nc(Cl)c1. The highest BCUT2D eigenvalue weighted by Gasteiger charge is 2.30. The van der Waals surface area contributed by atoms with Crippen molar-refractivity contribution in [2.45, 2.75) is 25.3 Å². The van der Waals surface area contributed by atoms with E-state index in [1.807, 2.05) is 0 Å². The zero-order valence-electron chi connectivity index (χ0n) is 9.90. The molecule has 1 aromatic heterocycles. The molecule has 1 amide bonds. The summed E-state index contributed by atoms with van der Waals surface area (Å²) in [5.41, 5.74) is 0.323. The van der Waals surface area contributed by atoms with Gasteiger partial charge in [0.15, 0.2) is 0 Å². The molecular weight excluding hydrogens is 291 g/mol. The maximum Gasteiger partial charge on any atom is 0.306 e. The van der Waals surface area contributed by atoms with E-state index in [4.69, 9.17) is 28.3 Å². The molecule has 5 nitrogen and oxygen atoms in total. The monoisotopic (exact) mass is 302 g/mol. The molecule has 1 aliphatic carbocycles. The van der Waals surface area contributed by atoms with E-state index in [1.165, 1.54) is 12.1 Å². The Hall–Kier alpha value is -1.33. The summed E-state index contributed by atoms with van der Waals surface area (Å²) in [7, 11) is 0. The van der Waals surface area contributed by atoms with E-state index in [2.05, 4.69) is 10.3 Å². The second kappa shape index (κ2) is 5.75. The maximum absolute atomic E-state index is 12.0. The zero-order valence-corrected chi connectivity index (χ0v) is 11.4. The molecule has 0 aliphatic heterocycles. The van der Waals surface area contributed by atoms with Crippen molar-refractivity contribution in [2.75, 3.05) is 0 Å². The molecule has 102 valence electrons. The molecule has 0 aromatic carbocycles. The number of aromatic nitrogens is 1. The number of aliphatic carboxylic acids is 1. The van der Waals surface area contributed by atoms with E-state index < -0.39 is 5.97 Å². The van der Waals surface area contributed by atoms with Crippen molar-refractivity contribution in [1.82, 2.24) is 10.3 Å². The zero-order chi connectivity index (χ0) is 14.0. The highest BCUT2D eigenvalue weighted by Crippen LogP contribution is 2.26. The normalized spacial score (nSPS) is 22.2. The van der Waals surface area contributed by atoms with Gasteiger partial charge in [-0.25, -0.2) is 4.98 Å². The van der Waals surface area contributed by atoms with Gasteiger partial charge in [0.25, 0.3) is 5.91 Å². The van der Waals surface area contributed by atoms with Crippen LogP contribution in [0.5, 0.6) is 0 Å². The molecule has 1 saturated carbocycles. The average molecular weight is 303 g/mol. The van der Waals surface area contributed by atoms with Crippen LogP contribution in [0.4, 0.5) is 0 Å². The molecular formula is C12H12Cl2N2O3. The number of nitrogens with zero attached hydrogens (tertiary/aromatic N) is 1. The lowest BCUT2D eigenvalue weighted by molar-refractivity contribution is -0.141. The largest absolute Gasteiger partial charge is 0.481 e. The lowest BCUT2D eigenvalue weighted by atomic mass is 10.1. The van der Waals surface area contributed by atoms with E-state index >= 15 is 0 Å². The molecule has 1 aliphatic rings. The first-order valence-electron chi connectivity index (χ1n) is 5.82. The third-order valence-corrected chi connectivity index (χ3v) is 3.53. The number of nitrogens with one attached hydrogen (secondary N) is 1. The number of carboxylic acid groups (broad SMARTS) is 1. The fourth-order valence-electron chi connectivity index (χ4n) is 2.20. The summed E-state index contributed by atoms with van der Waals surface area (Å²) in [5.74, 6) is -1.51. The predicted octanol–water partition coefficient (Wildman–Crippen LogP) is 2.37. The average Bonchev–Trinajstić information content (AvgIpc) is 2.76. The molecule has 0 radical (unpaired) electrons. The van der Waals surface area contributed by atoms with Gasteiger partial charge in [-0.3, -0.25) is 9.59 Å². The van der Waals surface area contributed by atoms with Gasteiger partial charge >= 0.3 is 5.97 Å².